The molecule has 0 atom stereocenters. The van der Waals surface area contributed by atoms with Crippen LogP contribution in [0.15, 0.2) is 53.8 Å². The Labute approximate surface area is 176 Å². The maximum absolute atomic E-state index is 12.1. The van der Waals surface area contributed by atoms with Crippen LogP contribution in [0.5, 0.6) is 0 Å². The van der Waals surface area contributed by atoms with Gasteiger partial charge < -0.3 is 10.3 Å². The first-order valence-electron chi connectivity index (χ1n) is 8.99. The van der Waals surface area contributed by atoms with Gasteiger partial charge in [-0.2, -0.15) is 0 Å². The van der Waals surface area contributed by atoms with Crippen molar-refractivity contribution in [2.24, 2.45) is 0 Å². The van der Waals surface area contributed by atoms with E-state index in [1.165, 1.54) is 17.6 Å². The molecule has 0 aliphatic heterocycles. The van der Waals surface area contributed by atoms with Crippen LogP contribution in [0.3, 0.4) is 0 Å². The van der Waals surface area contributed by atoms with Crippen LogP contribution in [0.25, 0.3) is 21.6 Å². The molecule has 9 nitrogen and oxygen atoms in total. The van der Waals surface area contributed by atoms with Crippen molar-refractivity contribution in [3.8, 4) is 11.3 Å². The molecule has 0 spiro atoms. The van der Waals surface area contributed by atoms with Crippen molar-refractivity contribution >= 4 is 42.7 Å². The van der Waals surface area contributed by atoms with E-state index < -0.39 is 9.84 Å². The lowest BCUT2D eigenvalue weighted by Crippen LogP contribution is -2.30. The average Bonchev–Trinajstić information content (AvgIpc) is 3.36. The van der Waals surface area contributed by atoms with Gasteiger partial charge >= 0.3 is 6.03 Å². The minimum Gasteiger partial charge on any atom is -0.348 e. The number of H-pyrrole nitrogens is 1. The number of rotatable bonds is 6. The summed E-state index contributed by atoms with van der Waals surface area (Å²) < 4.78 is 23.6. The number of amides is 2. The third-order valence-corrected chi connectivity index (χ3v) is 6.26. The number of nitrogens with one attached hydrogen (secondary N) is 3. The molecule has 3 N–H and O–H groups in total. The first kappa shape index (κ1) is 20.0. The number of hydrogen-bond acceptors (Lipinski definition) is 7. The Morgan fingerprint density at radius 3 is 2.83 bits per heavy atom. The number of imidazole rings is 1. The zero-order valence-electron chi connectivity index (χ0n) is 15.9. The van der Waals surface area contributed by atoms with Gasteiger partial charge in [0.05, 0.1) is 16.9 Å². The highest BCUT2D eigenvalue weighted by Crippen LogP contribution is 2.28. The molecule has 1 aromatic carbocycles. The van der Waals surface area contributed by atoms with Crippen LogP contribution >= 0.6 is 11.3 Å². The number of carbonyl (C=O) groups excluding carboxylic acids is 1. The quantitative estimate of drug-likeness (QED) is 0.421. The minimum atomic E-state index is -3.30. The summed E-state index contributed by atoms with van der Waals surface area (Å²) in [5, 5.41) is 5.90. The Hall–Kier alpha value is -3.31. The van der Waals surface area contributed by atoms with E-state index in [4.69, 9.17) is 0 Å². The minimum absolute atomic E-state index is 0.236. The summed E-state index contributed by atoms with van der Waals surface area (Å²) in [4.78, 5) is 28.8. The molecule has 0 fully saturated rings. The molecular weight excluding hydrogens is 424 g/mol. The predicted octanol–water partition coefficient (Wildman–Crippen LogP) is 2.85. The molecule has 154 valence electrons. The fourth-order valence-electron chi connectivity index (χ4n) is 2.79. The molecule has 2 amide bonds. The standard InChI is InChI=1S/C19H18N6O3S2/c1-30(27,28)14-4-2-3-12(9-14)15-5-6-16-17(23-15)29-19(24-16)25-18(26)21-8-7-13-10-20-11-22-13/h2-6,9-11H,7-8H2,1H3,(H,20,22)(H2,21,24,25,26). The number of anilines is 1. The normalized spacial score (nSPS) is 11.5. The maximum atomic E-state index is 12.1. The second-order valence-electron chi connectivity index (χ2n) is 6.55. The number of pyridine rings is 1. The number of urea groups is 1. The van der Waals surface area contributed by atoms with E-state index in [9.17, 15) is 13.2 Å². The smallest absolute Gasteiger partial charge is 0.321 e. The average molecular weight is 443 g/mol. The highest BCUT2D eigenvalue weighted by molar-refractivity contribution is 7.90. The largest absolute Gasteiger partial charge is 0.348 e. The number of aromatic amines is 1. The lowest BCUT2D eigenvalue weighted by atomic mass is 10.1. The zero-order valence-corrected chi connectivity index (χ0v) is 17.5. The van der Waals surface area contributed by atoms with Crippen molar-refractivity contribution in [3.63, 3.8) is 0 Å². The molecule has 11 heteroatoms. The third kappa shape index (κ3) is 4.63. The lowest BCUT2D eigenvalue weighted by molar-refractivity contribution is 0.252. The number of hydrogen-bond donors (Lipinski definition) is 3. The molecule has 0 radical (unpaired) electrons. The number of aromatic nitrogens is 4. The molecule has 3 heterocycles. The van der Waals surface area contributed by atoms with E-state index in [0.717, 1.165) is 5.69 Å². The number of sulfone groups is 1. The number of nitrogens with zero attached hydrogens (tertiary/aromatic N) is 3. The van der Waals surface area contributed by atoms with Gasteiger partial charge in [-0.3, -0.25) is 5.32 Å². The van der Waals surface area contributed by atoms with Gasteiger partial charge in [0.25, 0.3) is 0 Å². The molecule has 0 saturated heterocycles. The highest BCUT2D eigenvalue weighted by Gasteiger charge is 2.12. The van der Waals surface area contributed by atoms with Crippen LogP contribution in [-0.2, 0) is 16.3 Å². The molecule has 4 rings (SSSR count). The fraction of sp³-hybridized carbons (Fsp3) is 0.158. The van der Waals surface area contributed by atoms with Gasteiger partial charge in [-0.15, -0.1) is 0 Å². The monoisotopic (exact) mass is 442 g/mol. The maximum Gasteiger partial charge on any atom is 0.321 e. The first-order chi connectivity index (χ1) is 14.4. The van der Waals surface area contributed by atoms with E-state index in [-0.39, 0.29) is 10.9 Å². The summed E-state index contributed by atoms with van der Waals surface area (Å²) in [6, 6.07) is 9.85. The van der Waals surface area contributed by atoms with E-state index >= 15 is 0 Å². The Morgan fingerprint density at radius 2 is 2.07 bits per heavy atom. The van der Waals surface area contributed by atoms with E-state index in [1.54, 1.807) is 48.9 Å². The molecule has 0 bridgehead atoms. The van der Waals surface area contributed by atoms with Gasteiger partial charge in [0.2, 0.25) is 0 Å². The van der Waals surface area contributed by atoms with E-state index in [1.807, 2.05) is 0 Å². The number of carbonyl (C=O) groups is 1. The molecule has 4 aromatic rings. The van der Waals surface area contributed by atoms with Crippen molar-refractivity contribution in [2.75, 3.05) is 18.1 Å². The first-order valence-corrected chi connectivity index (χ1v) is 11.7. The summed E-state index contributed by atoms with van der Waals surface area (Å²) in [6.07, 6.45) is 5.12. The summed E-state index contributed by atoms with van der Waals surface area (Å²) in [5.74, 6) is 0. The SMILES string of the molecule is CS(=O)(=O)c1cccc(-c2ccc3nc(NC(=O)NCCc4cnc[nH]4)sc3n2)c1. The van der Waals surface area contributed by atoms with Crippen molar-refractivity contribution in [1.82, 2.24) is 25.3 Å². The van der Waals surface area contributed by atoms with Crippen LogP contribution in [0.2, 0.25) is 0 Å². The molecular formula is C19H18N6O3S2. The summed E-state index contributed by atoms with van der Waals surface area (Å²) in [6.45, 7) is 0.456. The van der Waals surface area contributed by atoms with Gasteiger partial charge in [-0.25, -0.2) is 28.2 Å². The van der Waals surface area contributed by atoms with Crippen LogP contribution in [-0.4, -0.2) is 47.2 Å². The van der Waals surface area contributed by atoms with Crippen LogP contribution in [0.1, 0.15) is 5.69 Å². The molecule has 30 heavy (non-hydrogen) atoms. The third-order valence-electron chi connectivity index (χ3n) is 4.27. The van der Waals surface area contributed by atoms with Crippen molar-refractivity contribution in [1.29, 1.82) is 0 Å². The van der Waals surface area contributed by atoms with Crippen molar-refractivity contribution < 1.29 is 13.2 Å². The summed E-state index contributed by atoms with van der Waals surface area (Å²) >= 11 is 1.25. The van der Waals surface area contributed by atoms with Crippen LogP contribution < -0.4 is 10.6 Å². The Morgan fingerprint density at radius 1 is 1.20 bits per heavy atom. The van der Waals surface area contributed by atoms with Gasteiger partial charge in [-0.1, -0.05) is 23.5 Å². The van der Waals surface area contributed by atoms with Crippen molar-refractivity contribution in [2.45, 2.75) is 11.3 Å². The molecule has 3 aromatic heterocycles. The molecule has 0 saturated carbocycles. The van der Waals surface area contributed by atoms with Gasteiger partial charge in [0.1, 0.15) is 10.3 Å². The number of fused-ring (bicyclic) bond motifs is 1. The highest BCUT2D eigenvalue weighted by atomic mass is 32.2. The Kier molecular flexibility index (Phi) is 5.46. The van der Waals surface area contributed by atoms with Gasteiger partial charge in [-0.05, 0) is 24.3 Å². The second-order valence-corrected chi connectivity index (χ2v) is 9.54. The summed E-state index contributed by atoms with van der Waals surface area (Å²) in [5.41, 5.74) is 2.91. The van der Waals surface area contributed by atoms with Crippen LogP contribution in [0, 0.1) is 0 Å². The number of benzene rings is 1. The van der Waals surface area contributed by atoms with Gasteiger partial charge in [0.15, 0.2) is 15.0 Å². The molecule has 0 aliphatic rings. The fourth-order valence-corrected chi connectivity index (χ4v) is 4.29. The second kappa shape index (κ2) is 8.20. The van der Waals surface area contributed by atoms with Crippen LogP contribution in [0.4, 0.5) is 9.93 Å². The predicted molar refractivity (Wildman–Crippen MR) is 115 cm³/mol. The Balaban J connectivity index is 1.47. The van der Waals surface area contributed by atoms with Crippen molar-refractivity contribution in [3.05, 3.63) is 54.6 Å². The van der Waals surface area contributed by atoms with E-state index in [2.05, 4.69) is 30.6 Å². The zero-order chi connectivity index (χ0) is 21.1. The van der Waals surface area contributed by atoms with Gasteiger partial charge in [0, 0.05) is 36.7 Å². The number of thiazole rings is 1. The topological polar surface area (TPSA) is 130 Å². The van der Waals surface area contributed by atoms with E-state index in [0.29, 0.717) is 39.7 Å². The lowest BCUT2D eigenvalue weighted by Gasteiger charge is -2.03. The molecule has 0 aliphatic carbocycles. The summed E-state index contributed by atoms with van der Waals surface area (Å²) in [7, 11) is -3.30. The Bertz CT molecular complexity index is 1300. The molecule has 0 unspecified atom stereocenters.